The quantitative estimate of drug-likeness (QED) is 0.489. The van der Waals surface area contributed by atoms with Crippen LogP contribution >= 0.6 is 22.6 Å². The van der Waals surface area contributed by atoms with E-state index in [1.807, 2.05) is 0 Å². The smallest absolute Gasteiger partial charge is 0.417 e. The summed E-state index contributed by atoms with van der Waals surface area (Å²) in [6.45, 7) is 6.32. The molecule has 1 amide bonds. The molecule has 1 fully saturated rings. The molecule has 29 heavy (non-hydrogen) atoms. The molecule has 1 aliphatic heterocycles. The summed E-state index contributed by atoms with van der Waals surface area (Å²) in [5, 5.41) is 3.85. The van der Waals surface area contributed by atoms with E-state index in [0.717, 1.165) is 18.9 Å². The van der Waals surface area contributed by atoms with Crippen molar-refractivity contribution in [2.24, 2.45) is 0 Å². The molecule has 6 nitrogen and oxygen atoms in total. The van der Waals surface area contributed by atoms with Crippen LogP contribution in [0.5, 0.6) is 0 Å². The Kier molecular flexibility index (Phi) is 6.11. The van der Waals surface area contributed by atoms with Crippen molar-refractivity contribution in [1.29, 1.82) is 0 Å². The first-order valence-corrected chi connectivity index (χ1v) is 10.2. The van der Waals surface area contributed by atoms with Gasteiger partial charge in [0, 0.05) is 22.2 Å². The fourth-order valence-corrected chi connectivity index (χ4v) is 3.71. The topological polar surface area (TPSA) is 68.5 Å². The molecule has 1 atom stereocenters. The van der Waals surface area contributed by atoms with E-state index in [0.29, 0.717) is 19.0 Å². The van der Waals surface area contributed by atoms with Gasteiger partial charge in [0.1, 0.15) is 5.60 Å². The molecule has 1 aliphatic rings. The van der Waals surface area contributed by atoms with Crippen molar-refractivity contribution < 1.29 is 27.2 Å². The van der Waals surface area contributed by atoms with Gasteiger partial charge in [-0.2, -0.15) is 18.2 Å². The first kappa shape index (κ1) is 21.8. The Labute approximate surface area is 179 Å². The van der Waals surface area contributed by atoms with Crippen LogP contribution in [-0.4, -0.2) is 39.8 Å². The molecule has 0 unspecified atom stereocenters. The lowest BCUT2D eigenvalue weighted by molar-refractivity contribution is -0.138. The zero-order chi connectivity index (χ0) is 21.4. The fraction of sp³-hybridized carbons (Fsp3) is 0.526. The zero-order valence-electron chi connectivity index (χ0n) is 16.2. The van der Waals surface area contributed by atoms with Gasteiger partial charge in [-0.3, -0.25) is 0 Å². The van der Waals surface area contributed by atoms with Crippen molar-refractivity contribution in [3.05, 3.63) is 33.2 Å². The third kappa shape index (κ3) is 5.40. The number of benzene rings is 1. The number of amides is 1. The van der Waals surface area contributed by atoms with Gasteiger partial charge in [-0.05, 0) is 74.4 Å². The van der Waals surface area contributed by atoms with Gasteiger partial charge in [0.05, 0.1) is 11.5 Å². The highest BCUT2D eigenvalue weighted by Gasteiger charge is 2.34. The van der Waals surface area contributed by atoms with Crippen LogP contribution < -0.4 is 0 Å². The third-order valence-corrected chi connectivity index (χ3v) is 5.33. The van der Waals surface area contributed by atoms with Crippen LogP contribution in [0.15, 0.2) is 22.7 Å². The molecule has 3 rings (SSSR count). The summed E-state index contributed by atoms with van der Waals surface area (Å²) >= 11 is 1.65. The number of aromatic nitrogens is 2. The second-order valence-electron chi connectivity index (χ2n) is 7.91. The molecule has 0 saturated carbocycles. The molecular formula is C19H21F3IN3O3. The molecule has 1 aromatic heterocycles. The predicted molar refractivity (Wildman–Crippen MR) is 107 cm³/mol. The Morgan fingerprint density at radius 1 is 1.31 bits per heavy atom. The third-order valence-electron chi connectivity index (χ3n) is 4.39. The largest absolute Gasteiger partial charge is 0.444 e. The highest BCUT2D eigenvalue weighted by Crippen LogP contribution is 2.35. The number of nitrogens with zero attached hydrogens (tertiary/aromatic N) is 3. The highest BCUT2D eigenvalue weighted by atomic mass is 127. The Morgan fingerprint density at radius 2 is 2.03 bits per heavy atom. The van der Waals surface area contributed by atoms with E-state index in [2.05, 4.69) is 10.1 Å². The van der Waals surface area contributed by atoms with Crippen molar-refractivity contribution in [3.63, 3.8) is 0 Å². The minimum atomic E-state index is -4.46. The molecule has 1 aromatic carbocycles. The minimum absolute atomic E-state index is 0.0938. The number of alkyl halides is 3. The maximum absolute atomic E-state index is 13.2. The summed E-state index contributed by atoms with van der Waals surface area (Å²) in [5.41, 5.74) is -1.11. The SMILES string of the molecule is CC(C)(C)OC(=O)N1CCC[C@@H](c2nc(-c3ccc(I)c(C(F)(F)F)c3)no2)C1. The number of hydrogen-bond donors (Lipinski definition) is 0. The molecule has 1 saturated heterocycles. The van der Waals surface area contributed by atoms with Crippen LogP contribution in [-0.2, 0) is 10.9 Å². The van der Waals surface area contributed by atoms with Gasteiger partial charge < -0.3 is 14.2 Å². The van der Waals surface area contributed by atoms with Gasteiger partial charge >= 0.3 is 12.3 Å². The van der Waals surface area contributed by atoms with Gasteiger partial charge in [0.15, 0.2) is 0 Å². The van der Waals surface area contributed by atoms with Crippen LogP contribution in [0.4, 0.5) is 18.0 Å². The van der Waals surface area contributed by atoms with E-state index in [1.54, 1.807) is 48.3 Å². The molecule has 0 bridgehead atoms. The number of carbonyl (C=O) groups excluding carboxylic acids is 1. The summed E-state index contributed by atoms with van der Waals surface area (Å²) in [6, 6.07) is 3.92. The van der Waals surface area contributed by atoms with E-state index in [-0.39, 0.29) is 20.9 Å². The Hall–Kier alpha value is -1.85. The predicted octanol–water partition coefficient (Wildman–Crippen LogP) is 5.47. The molecule has 0 spiro atoms. The van der Waals surface area contributed by atoms with E-state index in [1.165, 1.54) is 12.1 Å². The highest BCUT2D eigenvalue weighted by molar-refractivity contribution is 14.1. The number of hydrogen-bond acceptors (Lipinski definition) is 5. The van der Waals surface area contributed by atoms with Crippen LogP contribution in [0.3, 0.4) is 0 Å². The van der Waals surface area contributed by atoms with Gasteiger partial charge in [0.2, 0.25) is 11.7 Å². The summed E-state index contributed by atoms with van der Waals surface area (Å²) in [4.78, 5) is 18.2. The van der Waals surface area contributed by atoms with E-state index < -0.39 is 23.4 Å². The Bertz CT molecular complexity index is 893. The van der Waals surface area contributed by atoms with E-state index >= 15 is 0 Å². The summed E-state index contributed by atoms with van der Waals surface area (Å²) < 4.78 is 50.3. The summed E-state index contributed by atoms with van der Waals surface area (Å²) in [5.74, 6) is 0.208. The average Bonchev–Trinajstić information content (AvgIpc) is 3.10. The van der Waals surface area contributed by atoms with Gasteiger partial charge in [-0.1, -0.05) is 5.16 Å². The lowest BCUT2D eigenvalue weighted by Crippen LogP contribution is -2.42. The van der Waals surface area contributed by atoms with Crippen LogP contribution in [0, 0.1) is 3.57 Å². The molecule has 2 aromatic rings. The molecule has 0 radical (unpaired) electrons. The molecule has 10 heteroatoms. The van der Waals surface area contributed by atoms with Crippen molar-refractivity contribution in [3.8, 4) is 11.4 Å². The molecule has 158 valence electrons. The number of carbonyl (C=O) groups is 1. The lowest BCUT2D eigenvalue weighted by Gasteiger charge is -2.32. The standard InChI is InChI=1S/C19H21F3IN3O3/c1-18(2,3)28-17(27)26-8-4-5-12(10-26)16-24-15(25-29-16)11-6-7-14(23)13(9-11)19(20,21)22/h6-7,9,12H,4-5,8,10H2,1-3H3/t12-/m1/s1. The zero-order valence-corrected chi connectivity index (χ0v) is 18.4. The van der Waals surface area contributed by atoms with Crippen molar-refractivity contribution in [2.45, 2.75) is 51.3 Å². The summed E-state index contributed by atoms with van der Waals surface area (Å²) in [7, 11) is 0. The Balaban J connectivity index is 1.77. The second-order valence-corrected chi connectivity index (χ2v) is 9.08. The molecule has 2 heterocycles. The second kappa shape index (κ2) is 8.11. The fourth-order valence-electron chi connectivity index (χ4n) is 3.07. The number of likely N-dealkylation sites (tertiary alicyclic amines) is 1. The van der Waals surface area contributed by atoms with Crippen LogP contribution in [0.25, 0.3) is 11.4 Å². The van der Waals surface area contributed by atoms with Crippen molar-refractivity contribution >= 4 is 28.7 Å². The number of ether oxygens (including phenoxy) is 1. The number of rotatable bonds is 2. The maximum atomic E-state index is 13.2. The molecule has 0 N–H and O–H groups in total. The minimum Gasteiger partial charge on any atom is -0.444 e. The number of halogens is 4. The number of piperidine rings is 1. The van der Waals surface area contributed by atoms with E-state index in [4.69, 9.17) is 9.26 Å². The average molecular weight is 523 g/mol. The van der Waals surface area contributed by atoms with Gasteiger partial charge in [0.25, 0.3) is 0 Å². The monoisotopic (exact) mass is 523 g/mol. The van der Waals surface area contributed by atoms with Crippen molar-refractivity contribution in [2.75, 3.05) is 13.1 Å². The molecular weight excluding hydrogens is 502 g/mol. The first-order valence-electron chi connectivity index (χ1n) is 9.13. The van der Waals surface area contributed by atoms with Crippen LogP contribution in [0.1, 0.15) is 51.0 Å². The van der Waals surface area contributed by atoms with Crippen molar-refractivity contribution in [1.82, 2.24) is 15.0 Å². The van der Waals surface area contributed by atoms with Gasteiger partial charge in [-0.15, -0.1) is 0 Å². The lowest BCUT2D eigenvalue weighted by atomic mass is 9.98. The summed E-state index contributed by atoms with van der Waals surface area (Å²) in [6.07, 6.45) is -3.39. The normalized spacial score (nSPS) is 18.0. The molecule has 0 aliphatic carbocycles. The maximum Gasteiger partial charge on any atom is 0.417 e. The van der Waals surface area contributed by atoms with E-state index in [9.17, 15) is 18.0 Å². The van der Waals surface area contributed by atoms with Gasteiger partial charge in [-0.25, -0.2) is 4.79 Å². The Morgan fingerprint density at radius 3 is 2.69 bits per heavy atom. The van der Waals surface area contributed by atoms with Crippen LogP contribution in [0.2, 0.25) is 0 Å². The first-order chi connectivity index (χ1) is 13.4.